The van der Waals surface area contributed by atoms with E-state index in [1.54, 1.807) is 24.2 Å². The van der Waals surface area contributed by atoms with Crippen molar-refractivity contribution < 1.29 is 24.2 Å². The van der Waals surface area contributed by atoms with E-state index in [4.69, 9.17) is 0 Å². The Bertz CT molecular complexity index is 683. The summed E-state index contributed by atoms with van der Waals surface area (Å²) >= 11 is 1.55. The molecule has 0 nitrogen and oxygen atoms in total. The first-order valence-electron chi connectivity index (χ1n) is 7.85. The Balaban J connectivity index is 0.000000396. The summed E-state index contributed by atoms with van der Waals surface area (Å²) in [4.78, 5) is 0. The molecule has 3 rings (SSSR count). The zero-order valence-electron chi connectivity index (χ0n) is 14.3. The van der Waals surface area contributed by atoms with Crippen LogP contribution in [0, 0.1) is 5.41 Å². The SMILES string of the molecule is CC(C)(C)C1=CC(c2cc3ccccc3[cH-]2)C=C1.C[C](C)=[Zr]. The van der Waals surface area contributed by atoms with E-state index in [9.17, 15) is 0 Å². The van der Waals surface area contributed by atoms with Crippen LogP contribution in [0.3, 0.4) is 0 Å². The summed E-state index contributed by atoms with van der Waals surface area (Å²) in [7, 11) is 0. The van der Waals surface area contributed by atoms with Crippen molar-refractivity contribution in [3.63, 3.8) is 0 Å². The molecular formula is C21H25Zr-. The van der Waals surface area contributed by atoms with Gasteiger partial charge < -0.3 is 0 Å². The molecule has 0 saturated heterocycles. The van der Waals surface area contributed by atoms with Crippen molar-refractivity contribution in [1.82, 2.24) is 0 Å². The van der Waals surface area contributed by atoms with Gasteiger partial charge in [-0.15, -0.1) is 40.6 Å². The van der Waals surface area contributed by atoms with Gasteiger partial charge in [0.2, 0.25) is 0 Å². The summed E-state index contributed by atoms with van der Waals surface area (Å²) in [6.45, 7) is 11.1. The predicted molar refractivity (Wildman–Crippen MR) is 95.3 cm³/mol. The zero-order chi connectivity index (χ0) is 16.3. The van der Waals surface area contributed by atoms with E-state index in [1.165, 1.54) is 25.1 Å². The van der Waals surface area contributed by atoms with Gasteiger partial charge in [-0.3, -0.25) is 0 Å². The van der Waals surface area contributed by atoms with Gasteiger partial charge in [0.25, 0.3) is 0 Å². The molecule has 0 radical (unpaired) electrons. The van der Waals surface area contributed by atoms with Gasteiger partial charge in [-0.05, 0) is 11.0 Å². The molecule has 0 aromatic heterocycles. The Morgan fingerprint density at radius 2 is 1.77 bits per heavy atom. The standard InChI is InChI=1S/C18H19.C3H6.Zr/c1-18(2,3)17-9-8-15(12-17)16-10-13-6-4-5-7-14(13)11-16;1-3-2;/h4-12,15H,1-3H3;1-2H3;/q-1;;. The maximum atomic E-state index is 2.40. The Hall–Kier alpha value is -0.937. The first kappa shape index (κ1) is 17.4. The number of rotatable bonds is 1. The monoisotopic (exact) mass is 367 g/mol. The van der Waals surface area contributed by atoms with E-state index < -0.39 is 0 Å². The van der Waals surface area contributed by atoms with E-state index in [-0.39, 0.29) is 5.41 Å². The Morgan fingerprint density at radius 3 is 2.32 bits per heavy atom. The summed E-state index contributed by atoms with van der Waals surface area (Å²) in [5, 5.41) is 2.69. The maximum absolute atomic E-state index is 2.40. The molecule has 0 heterocycles. The Morgan fingerprint density at radius 1 is 1.14 bits per heavy atom. The minimum absolute atomic E-state index is 0.247. The van der Waals surface area contributed by atoms with Gasteiger partial charge in [0.15, 0.2) is 0 Å². The molecule has 0 N–H and O–H groups in total. The molecule has 0 bridgehead atoms. The Kier molecular flexibility index (Phi) is 5.61. The number of allylic oxidation sites excluding steroid dienone is 4. The van der Waals surface area contributed by atoms with Crippen LogP contribution in [-0.2, 0) is 24.2 Å². The quantitative estimate of drug-likeness (QED) is 0.547. The molecule has 1 aliphatic rings. The van der Waals surface area contributed by atoms with Crippen molar-refractivity contribution in [2.75, 3.05) is 0 Å². The normalized spacial score (nSPS) is 17.1. The predicted octanol–water partition coefficient (Wildman–Crippen LogP) is 5.93. The van der Waals surface area contributed by atoms with Crippen LogP contribution in [0.1, 0.15) is 46.1 Å². The molecule has 1 atom stereocenters. The molecule has 1 unspecified atom stereocenters. The molecule has 0 fully saturated rings. The fourth-order valence-corrected chi connectivity index (χ4v) is 2.59. The molecule has 0 aliphatic heterocycles. The van der Waals surface area contributed by atoms with Crippen molar-refractivity contribution in [3.05, 3.63) is 65.8 Å². The van der Waals surface area contributed by atoms with Crippen molar-refractivity contribution in [3.8, 4) is 0 Å². The molecular weight excluding hydrogens is 343 g/mol. The van der Waals surface area contributed by atoms with E-state index in [2.05, 4.69) is 89.2 Å². The van der Waals surface area contributed by atoms with Crippen LogP contribution in [0.4, 0.5) is 0 Å². The third kappa shape index (κ3) is 4.53. The van der Waals surface area contributed by atoms with Crippen LogP contribution in [-0.4, -0.2) is 3.21 Å². The second kappa shape index (κ2) is 7.09. The molecule has 0 spiro atoms. The van der Waals surface area contributed by atoms with Gasteiger partial charge in [-0.2, -0.15) is 6.07 Å². The molecule has 0 amide bonds. The fourth-order valence-electron chi connectivity index (χ4n) is 2.59. The van der Waals surface area contributed by atoms with Gasteiger partial charge in [0.05, 0.1) is 0 Å². The van der Waals surface area contributed by atoms with Crippen LogP contribution in [0.5, 0.6) is 0 Å². The van der Waals surface area contributed by atoms with Gasteiger partial charge in [-0.25, -0.2) is 0 Å². The second-order valence-electron chi connectivity index (χ2n) is 7.17. The van der Waals surface area contributed by atoms with Crippen LogP contribution in [0.2, 0.25) is 0 Å². The Labute approximate surface area is 149 Å². The fraction of sp³-hybridized carbons (Fsp3) is 0.333. The second-order valence-corrected chi connectivity index (χ2v) is 9.63. The summed E-state index contributed by atoms with van der Waals surface area (Å²) < 4.78 is 1.51. The number of hydrogen-bond acceptors (Lipinski definition) is 0. The minimum atomic E-state index is 0.247. The van der Waals surface area contributed by atoms with E-state index in [0.717, 1.165) is 0 Å². The zero-order valence-corrected chi connectivity index (χ0v) is 16.7. The molecule has 2 aromatic rings. The first-order valence-corrected chi connectivity index (χ1v) is 9.08. The van der Waals surface area contributed by atoms with Gasteiger partial charge in [-0.1, -0.05) is 45.1 Å². The van der Waals surface area contributed by atoms with E-state index in [1.807, 2.05) is 0 Å². The topological polar surface area (TPSA) is 0 Å². The average Bonchev–Trinajstić information content (AvgIpc) is 3.04. The van der Waals surface area contributed by atoms with Crippen LogP contribution in [0.25, 0.3) is 10.8 Å². The van der Waals surface area contributed by atoms with Gasteiger partial charge >= 0.3 is 41.3 Å². The molecule has 0 saturated carbocycles. The third-order valence-electron chi connectivity index (χ3n) is 3.73. The molecule has 2 aromatic carbocycles. The van der Waals surface area contributed by atoms with E-state index in [0.29, 0.717) is 5.92 Å². The van der Waals surface area contributed by atoms with Crippen LogP contribution in [0.15, 0.2) is 60.2 Å². The van der Waals surface area contributed by atoms with Crippen molar-refractivity contribution in [2.24, 2.45) is 5.41 Å². The molecule has 1 heteroatoms. The summed E-state index contributed by atoms with van der Waals surface area (Å²) in [5.74, 6) is 0.451. The van der Waals surface area contributed by atoms with E-state index >= 15 is 0 Å². The van der Waals surface area contributed by atoms with Crippen LogP contribution >= 0.6 is 0 Å². The first-order chi connectivity index (χ1) is 10.3. The molecule has 22 heavy (non-hydrogen) atoms. The number of benzene rings is 1. The molecule has 114 valence electrons. The van der Waals surface area contributed by atoms with Crippen molar-refractivity contribution >= 4 is 14.0 Å². The third-order valence-corrected chi connectivity index (χ3v) is 3.73. The van der Waals surface area contributed by atoms with Gasteiger partial charge in [0.1, 0.15) is 0 Å². The van der Waals surface area contributed by atoms with Crippen molar-refractivity contribution in [2.45, 2.75) is 40.5 Å². The molecule has 1 aliphatic carbocycles. The summed E-state index contributed by atoms with van der Waals surface area (Å²) in [6, 6.07) is 13.2. The van der Waals surface area contributed by atoms with Crippen molar-refractivity contribution in [1.29, 1.82) is 0 Å². The average molecular weight is 369 g/mol. The number of hydrogen-bond donors (Lipinski definition) is 0. The number of fused-ring (bicyclic) bond motifs is 1. The van der Waals surface area contributed by atoms with Gasteiger partial charge in [0, 0.05) is 5.92 Å². The summed E-state index contributed by atoms with van der Waals surface area (Å²) in [6.07, 6.45) is 6.99. The summed E-state index contributed by atoms with van der Waals surface area (Å²) in [5.41, 5.74) is 3.10. The van der Waals surface area contributed by atoms with Crippen LogP contribution < -0.4 is 0 Å².